The summed E-state index contributed by atoms with van der Waals surface area (Å²) in [5.74, 6) is 1.30. The molecule has 64 valence electrons. The molecule has 0 bridgehead atoms. The number of hydrogen-bond acceptors (Lipinski definition) is 2. The third-order valence-corrected chi connectivity index (χ3v) is 4.02. The summed E-state index contributed by atoms with van der Waals surface area (Å²) in [7, 11) is 0. The van der Waals surface area contributed by atoms with Gasteiger partial charge in [0.05, 0.1) is 0 Å². The van der Waals surface area contributed by atoms with E-state index in [1.54, 1.807) is 0 Å². The Bertz CT molecular complexity index is 126. The molecular weight excluding hydrogens is 154 g/mol. The molecule has 0 N–H and O–H groups in total. The standard InChI is InChI=1S/C9H17NS/c1-2-11-9-6-8-4-3-5-10(8)7-9/h8-9H,2-7H2,1H3. The van der Waals surface area contributed by atoms with Crippen molar-refractivity contribution >= 4 is 11.8 Å². The largest absolute Gasteiger partial charge is 0.299 e. The zero-order valence-corrected chi connectivity index (χ0v) is 8.07. The quantitative estimate of drug-likeness (QED) is 0.625. The van der Waals surface area contributed by atoms with Crippen molar-refractivity contribution in [1.82, 2.24) is 4.90 Å². The Kier molecular flexibility index (Phi) is 2.42. The predicted octanol–water partition coefficient (Wildman–Crippen LogP) is 1.98. The third-order valence-electron chi connectivity index (χ3n) is 2.87. The van der Waals surface area contributed by atoms with Crippen LogP contribution in [-0.4, -0.2) is 35.0 Å². The van der Waals surface area contributed by atoms with E-state index >= 15 is 0 Å². The van der Waals surface area contributed by atoms with Crippen molar-refractivity contribution in [3.63, 3.8) is 0 Å². The first-order valence-corrected chi connectivity index (χ1v) is 5.80. The second kappa shape index (κ2) is 3.36. The van der Waals surface area contributed by atoms with Crippen LogP contribution in [0.3, 0.4) is 0 Å². The maximum atomic E-state index is 2.69. The van der Waals surface area contributed by atoms with E-state index in [-0.39, 0.29) is 0 Å². The number of hydrogen-bond donors (Lipinski definition) is 0. The van der Waals surface area contributed by atoms with Crippen LogP contribution in [-0.2, 0) is 0 Å². The summed E-state index contributed by atoms with van der Waals surface area (Å²) in [6, 6.07) is 0.971. The van der Waals surface area contributed by atoms with Gasteiger partial charge in [-0.05, 0) is 31.6 Å². The molecule has 2 fully saturated rings. The van der Waals surface area contributed by atoms with Gasteiger partial charge in [0, 0.05) is 17.8 Å². The molecule has 0 radical (unpaired) electrons. The van der Waals surface area contributed by atoms with Gasteiger partial charge in [-0.3, -0.25) is 4.90 Å². The van der Waals surface area contributed by atoms with Crippen LogP contribution in [0.2, 0.25) is 0 Å². The summed E-state index contributed by atoms with van der Waals surface area (Å²) in [5.41, 5.74) is 0. The maximum Gasteiger partial charge on any atom is 0.0189 e. The second-order valence-electron chi connectivity index (χ2n) is 3.60. The Balaban J connectivity index is 1.84. The fourth-order valence-electron chi connectivity index (χ4n) is 2.40. The highest BCUT2D eigenvalue weighted by Gasteiger charge is 2.34. The third kappa shape index (κ3) is 1.57. The highest BCUT2D eigenvalue weighted by atomic mass is 32.2. The zero-order chi connectivity index (χ0) is 7.68. The molecule has 11 heavy (non-hydrogen) atoms. The molecule has 2 heterocycles. The lowest BCUT2D eigenvalue weighted by Gasteiger charge is -2.12. The SMILES string of the molecule is CCSC1CC2CCCN2C1. The first-order chi connectivity index (χ1) is 5.40. The number of nitrogens with zero attached hydrogens (tertiary/aromatic N) is 1. The van der Waals surface area contributed by atoms with E-state index in [9.17, 15) is 0 Å². The minimum Gasteiger partial charge on any atom is -0.299 e. The molecule has 0 aromatic rings. The molecule has 2 unspecified atom stereocenters. The molecule has 2 saturated heterocycles. The van der Waals surface area contributed by atoms with Crippen molar-refractivity contribution in [2.45, 2.75) is 37.5 Å². The van der Waals surface area contributed by atoms with Crippen LogP contribution >= 0.6 is 11.8 Å². The first-order valence-electron chi connectivity index (χ1n) is 4.76. The Morgan fingerprint density at radius 1 is 1.55 bits per heavy atom. The van der Waals surface area contributed by atoms with E-state index in [1.807, 2.05) is 0 Å². The molecule has 2 aliphatic rings. The van der Waals surface area contributed by atoms with Gasteiger partial charge < -0.3 is 0 Å². The van der Waals surface area contributed by atoms with Crippen LogP contribution in [0.4, 0.5) is 0 Å². The second-order valence-corrected chi connectivity index (χ2v) is 5.18. The van der Waals surface area contributed by atoms with Crippen LogP contribution in [0.15, 0.2) is 0 Å². The van der Waals surface area contributed by atoms with Gasteiger partial charge in [-0.25, -0.2) is 0 Å². The van der Waals surface area contributed by atoms with Gasteiger partial charge >= 0.3 is 0 Å². The minimum atomic E-state index is 0.963. The van der Waals surface area contributed by atoms with Gasteiger partial charge in [0.15, 0.2) is 0 Å². The monoisotopic (exact) mass is 171 g/mol. The Labute approximate surface area is 73.5 Å². The molecule has 0 aliphatic carbocycles. The number of fused-ring (bicyclic) bond motifs is 1. The van der Waals surface area contributed by atoms with Gasteiger partial charge in [0.25, 0.3) is 0 Å². The van der Waals surface area contributed by atoms with Crippen molar-refractivity contribution < 1.29 is 0 Å². The van der Waals surface area contributed by atoms with Gasteiger partial charge in [-0.1, -0.05) is 6.92 Å². The molecule has 0 aromatic heterocycles. The Morgan fingerprint density at radius 3 is 3.18 bits per heavy atom. The molecule has 2 atom stereocenters. The normalized spacial score (nSPS) is 37.9. The van der Waals surface area contributed by atoms with Gasteiger partial charge in [0.2, 0.25) is 0 Å². The van der Waals surface area contributed by atoms with Crippen LogP contribution in [0.5, 0.6) is 0 Å². The summed E-state index contributed by atoms with van der Waals surface area (Å²) in [4.78, 5) is 2.69. The fraction of sp³-hybridized carbons (Fsp3) is 1.00. The Hall–Kier alpha value is 0.310. The lowest BCUT2D eigenvalue weighted by atomic mass is 10.2. The molecular formula is C9H17NS. The average Bonchev–Trinajstić information content (AvgIpc) is 2.46. The predicted molar refractivity (Wildman–Crippen MR) is 51.1 cm³/mol. The van der Waals surface area contributed by atoms with Crippen LogP contribution in [0, 0.1) is 0 Å². The summed E-state index contributed by atoms with van der Waals surface area (Å²) < 4.78 is 0. The van der Waals surface area contributed by atoms with E-state index in [2.05, 4.69) is 23.6 Å². The van der Waals surface area contributed by atoms with E-state index in [4.69, 9.17) is 0 Å². The number of rotatable bonds is 2. The summed E-state index contributed by atoms with van der Waals surface area (Å²) in [6.07, 6.45) is 4.40. The highest BCUT2D eigenvalue weighted by Crippen LogP contribution is 2.33. The average molecular weight is 171 g/mol. The van der Waals surface area contributed by atoms with E-state index in [0.29, 0.717) is 0 Å². The highest BCUT2D eigenvalue weighted by molar-refractivity contribution is 7.99. The summed E-state index contributed by atoms with van der Waals surface area (Å²) in [5, 5.41) is 0.963. The molecule has 0 amide bonds. The van der Waals surface area contributed by atoms with Gasteiger partial charge in [-0.15, -0.1) is 0 Å². The van der Waals surface area contributed by atoms with Crippen LogP contribution < -0.4 is 0 Å². The van der Waals surface area contributed by atoms with Crippen molar-refractivity contribution in [2.24, 2.45) is 0 Å². The number of thioether (sulfide) groups is 1. The van der Waals surface area contributed by atoms with Crippen molar-refractivity contribution in [3.05, 3.63) is 0 Å². The summed E-state index contributed by atoms with van der Waals surface area (Å²) >= 11 is 2.15. The van der Waals surface area contributed by atoms with Crippen LogP contribution in [0.1, 0.15) is 26.2 Å². The fourth-order valence-corrected chi connectivity index (χ4v) is 3.52. The molecule has 0 spiro atoms. The van der Waals surface area contributed by atoms with Gasteiger partial charge in [0.1, 0.15) is 0 Å². The molecule has 0 saturated carbocycles. The first kappa shape index (κ1) is 7.93. The lowest BCUT2D eigenvalue weighted by molar-refractivity contribution is 0.325. The topological polar surface area (TPSA) is 3.24 Å². The smallest absolute Gasteiger partial charge is 0.0189 e. The van der Waals surface area contributed by atoms with Crippen molar-refractivity contribution in [3.8, 4) is 0 Å². The van der Waals surface area contributed by atoms with E-state index in [1.165, 1.54) is 38.1 Å². The molecule has 2 rings (SSSR count). The maximum absolute atomic E-state index is 2.69. The van der Waals surface area contributed by atoms with Crippen molar-refractivity contribution in [2.75, 3.05) is 18.8 Å². The molecule has 0 aromatic carbocycles. The molecule has 1 nitrogen and oxygen atoms in total. The Morgan fingerprint density at radius 2 is 2.45 bits per heavy atom. The molecule has 2 heteroatoms. The zero-order valence-electron chi connectivity index (χ0n) is 7.25. The molecule has 2 aliphatic heterocycles. The summed E-state index contributed by atoms with van der Waals surface area (Å²) in [6.45, 7) is 5.03. The lowest BCUT2D eigenvalue weighted by Crippen LogP contribution is -2.22. The van der Waals surface area contributed by atoms with Gasteiger partial charge in [-0.2, -0.15) is 11.8 Å². The van der Waals surface area contributed by atoms with Crippen molar-refractivity contribution in [1.29, 1.82) is 0 Å². The van der Waals surface area contributed by atoms with E-state index in [0.717, 1.165) is 11.3 Å². The van der Waals surface area contributed by atoms with Crippen LogP contribution in [0.25, 0.3) is 0 Å². The van der Waals surface area contributed by atoms with E-state index < -0.39 is 0 Å². The minimum absolute atomic E-state index is 0.963.